The number of nitrogens with zero attached hydrogens (tertiary/aromatic N) is 5. The molecule has 2 aromatic heterocycles. The van der Waals surface area contributed by atoms with Crippen molar-refractivity contribution in [3.63, 3.8) is 0 Å². The number of carbonyl (C=O) groups is 2. The van der Waals surface area contributed by atoms with Crippen LogP contribution >= 0.6 is 7.60 Å². The lowest BCUT2D eigenvalue weighted by Crippen LogP contribution is -2.29. The summed E-state index contributed by atoms with van der Waals surface area (Å²) >= 11 is 0. The van der Waals surface area contributed by atoms with E-state index in [2.05, 4.69) is 22.2 Å². The molecule has 14 nitrogen and oxygen atoms in total. The molecule has 0 atom stereocenters. The molecule has 0 radical (unpaired) electrons. The molecular weight excluding hydrogens is 625 g/mol. The number of hydrogen-bond donors (Lipinski definition) is 5. The fourth-order valence-corrected chi connectivity index (χ4v) is 5.56. The van der Waals surface area contributed by atoms with Crippen molar-refractivity contribution in [1.29, 1.82) is 0 Å². The summed E-state index contributed by atoms with van der Waals surface area (Å²) in [7, 11) is 2.91. The molecule has 0 fully saturated rings. The second kappa shape index (κ2) is 13.9. The summed E-state index contributed by atoms with van der Waals surface area (Å²) in [5.74, 6) is -0.776. The number of aliphatic carboxylic acids is 1. The Morgan fingerprint density at radius 3 is 2.45 bits per heavy atom. The van der Waals surface area contributed by atoms with E-state index in [4.69, 9.17) is 9.72 Å². The highest BCUT2D eigenvalue weighted by molar-refractivity contribution is 7.50. The van der Waals surface area contributed by atoms with Crippen LogP contribution in [-0.2, 0) is 25.9 Å². The third kappa shape index (κ3) is 8.16. The number of methoxy groups -OCH3 is 1. The van der Waals surface area contributed by atoms with Crippen LogP contribution in [0.25, 0.3) is 22.2 Å². The molecule has 250 valence electrons. The van der Waals surface area contributed by atoms with E-state index in [1.165, 1.54) is 23.9 Å². The minimum Gasteiger partial charge on any atom is -0.494 e. The zero-order valence-electron chi connectivity index (χ0n) is 27.2. The van der Waals surface area contributed by atoms with Crippen LogP contribution in [0.2, 0.25) is 0 Å². The van der Waals surface area contributed by atoms with E-state index in [1.54, 1.807) is 56.4 Å². The van der Waals surface area contributed by atoms with Crippen LogP contribution in [0.5, 0.6) is 5.75 Å². The highest BCUT2D eigenvalue weighted by Crippen LogP contribution is 2.42. The monoisotopic (exact) mass is 665 g/mol. The lowest BCUT2D eigenvalue weighted by atomic mass is 9.84. The van der Waals surface area contributed by atoms with Crippen LogP contribution in [0.15, 0.2) is 61.4 Å². The number of carboxylic acid groups (broad SMARTS) is 1. The van der Waals surface area contributed by atoms with E-state index in [0.717, 1.165) is 12.2 Å². The van der Waals surface area contributed by atoms with Gasteiger partial charge in [-0.3, -0.25) is 14.2 Å². The van der Waals surface area contributed by atoms with Crippen LogP contribution in [0.3, 0.4) is 0 Å². The van der Waals surface area contributed by atoms with Crippen LogP contribution < -0.4 is 20.3 Å². The van der Waals surface area contributed by atoms with Gasteiger partial charge in [0.1, 0.15) is 12.0 Å². The van der Waals surface area contributed by atoms with Gasteiger partial charge in [-0.05, 0) is 63.8 Å². The number of nitrogens with one attached hydrogen (secondary N) is 2. The quantitative estimate of drug-likeness (QED) is 0.0943. The number of benzene rings is 2. The molecule has 0 spiro atoms. The summed E-state index contributed by atoms with van der Waals surface area (Å²) in [6.07, 6.45) is 3.71. The minimum absolute atomic E-state index is 0.174. The Labute approximate surface area is 272 Å². The summed E-state index contributed by atoms with van der Waals surface area (Å²) in [4.78, 5) is 57.0. The first-order chi connectivity index (χ1) is 22.0. The van der Waals surface area contributed by atoms with Crippen molar-refractivity contribution >= 4 is 53.4 Å². The van der Waals surface area contributed by atoms with E-state index < -0.39 is 31.2 Å². The van der Waals surface area contributed by atoms with Gasteiger partial charge >= 0.3 is 13.6 Å². The van der Waals surface area contributed by atoms with Gasteiger partial charge in [0.05, 0.1) is 35.3 Å². The standard InChI is InChI=1S/C32H40N7O7P/c1-8-29(40)34-24-16-25(28(46-7)17-27(24)38(6)14-13-37(4)5)36-31-33-12-11-23(35-31)22-18-39(19-47(43,44)45)26-10-9-20(15-21(22)26)32(2,3)30(41)42/h8-12,15-18H,1,13-14,19H2,2-7H3,(H,34,40)(H,41,42)(H,33,35,36)(H2,43,44,45). The van der Waals surface area contributed by atoms with Crippen molar-refractivity contribution in [3.8, 4) is 17.0 Å². The van der Waals surface area contributed by atoms with E-state index in [1.807, 2.05) is 30.9 Å². The summed E-state index contributed by atoms with van der Waals surface area (Å²) in [6.45, 7) is 8.17. The second-order valence-corrected chi connectivity index (χ2v) is 13.5. The van der Waals surface area contributed by atoms with E-state index in [0.29, 0.717) is 51.4 Å². The van der Waals surface area contributed by atoms with Gasteiger partial charge < -0.3 is 44.6 Å². The van der Waals surface area contributed by atoms with Crippen LogP contribution in [0.1, 0.15) is 19.4 Å². The predicted octanol–water partition coefficient (Wildman–Crippen LogP) is 4.47. The number of carbonyl (C=O) groups excluding carboxylic acids is 1. The summed E-state index contributed by atoms with van der Waals surface area (Å²) in [6, 6.07) is 10.1. The Balaban J connectivity index is 1.81. The normalized spacial score (nSPS) is 11.9. The lowest BCUT2D eigenvalue weighted by molar-refractivity contribution is -0.142. The molecule has 5 N–H and O–H groups in total. The average Bonchev–Trinajstić information content (AvgIpc) is 3.36. The molecule has 4 rings (SSSR count). The van der Waals surface area contributed by atoms with E-state index in [-0.39, 0.29) is 5.95 Å². The van der Waals surface area contributed by atoms with E-state index >= 15 is 0 Å². The molecule has 0 unspecified atom stereocenters. The molecular formula is C32H40N7O7P. The number of carboxylic acids is 1. The molecule has 2 heterocycles. The van der Waals surface area contributed by atoms with Crippen molar-refractivity contribution in [2.75, 3.05) is 56.9 Å². The van der Waals surface area contributed by atoms with Crippen molar-refractivity contribution in [3.05, 3.63) is 67.0 Å². The fraction of sp³-hybridized carbons (Fsp3) is 0.312. The maximum atomic E-state index is 12.4. The third-order valence-electron chi connectivity index (χ3n) is 7.71. The summed E-state index contributed by atoms with van der Waals surface area (Å²) in [5.41, 5.74) is 2.41. The molecule has 15 heteroatoms. The van der Waals surface area contributed by atoms with Gasteiger partial charge in [-0.2, -0.15) is 0 Å². The Hall–Kier alpha value is -4.75. The SMILES string of the molecule is C=CC(=O)Nc1cc(Nc2nccc(-c3cn(CP(=O)(O)O)c4ccc(C(C)(C)C(=O)O)cc34)n2)c(OC)cc1N(C)CCN(C)C. The lowest BCUT2D eigenvalue weighted by Gasteiger charge is -2.26. The molecule has 4 aromatic rings. The number of ether oxygens (including phenoxy) is 1. The van der Waals surface area contributed by atoms with Gasteiger partial charge in [0.2, 0.25) is 11.9 Å². The second-order valence-electron chi connectivity index (χ2n) is 11.9. The van der Waals surface area contributed by atoms with Gasteiger partial charge in [0.15, 0.2) is 0 Å². The molecule has 0 aliphatic carbocycles. The topological polar surface area (TPSA) is 182 Å². The molecule has 0 aliphatic heterocycles. The number of fused-ring (bicyclic) bond motifs is 1. The molecule has 2 aromatic carbocycles. The Bertz CT molecular complexity index is 1870. The Morgan fingerprint density at radius 1 is 1.11 bits per heavy atom. The van der Waals surface area contributed by atoms with Crippen molar-refractivity contribution < 1.29 is 33.8 Å². The molecule has 1 amide bonds. The maximum absolute atomic E-state index is 12.4. The van der Waals surface area contributed by atoms with Gasteiger partial charge in [-0.25, -0.2) is 9.97 Å². The number of aromatic nitrogens is 3. The van der Waals surface area contributed by atoms with Crippen molar-refractivity contribution in [1.82, 2.24) is 19.4 Å². The number of hydrogen-bond acceptors (Lipinski definition) is 9. The number of likely N-dealkylation sites (N-methyl/N-ethyl adjacent to an activating group) is 2. The van der Waals surface area contributed by atoms with Crippen LogP contribution in [0.4, 0.5) is 23.0 Å². The predicted molar refractivity (Wildman–Crippen MR) is 183 cm³/mol. The van der Waals surface area contributed by atoms with Crippen LogP contribution in [-0.4, -0.2) is 87.5 Å². The van der Waals surface area contributed by atoms with E-state index in [9.17, 15) is 29.0 Å². The maximum Gasteiger partial charge on any atom is 0.345 e. The number of amides is 1. The number of rotatable bonds is 14. The van der Waals surface area contributed by atoms with Gasteiger partial charge in [-0.1, -0.05) is 12.6 Å². The molecule has 0 bridgehead atoms. The first-order valence-corrected chi connectivity index (χ1v) is 16.4. The molecule has 0 saturated heterocycles. The average molecular weight is 666 g/mol. The molecule has 0 saturated carbocycles. The highest BCUT2D eigenvalue weighted by atomic mass is 31.2. The summed E-state index contributed by atoms with van der Waals surface area (Å²) < 4.78 is 19.1. The van der Waals surface area contributed by atoms with Crippen molar-refractivity contribution in [2.45, 2.75) is 25.5 Å². The fourth-order valence-electron chi connectivity index (χ4n) is 4.92. The van der Waals surface area contributed by atoms with Crippen LogP contribution in [0, 0.1) is 0 Å². The Morgan fingerprint density at radius 2 is 1.83 bits per heavy atom. The molecule has 0 aliphatic rings. The minimum atomic E-state index is -4.47. The Kier molecular flexibility index (Phi) is 10.4. The van der Waals surface area contributed by atoms with Crippen molar-refractivity contribution in [2.24, 2.45) is 0 Å². The zero-order chi connectivity index (χ0) is 34.7. The highest BCUT2D eigenvalue weighted by Gasteiger charge is 2.30. The summed E-state index contributed by atoms with van der Waals surface area (Å²) in [5, 5.41) is 16.4. The largest absolute Gasteiger partial charge is 0.494 e. The molecule has 47 heavy (non-hydrogen) atoms. The first-order valence-electron chi connectivity index (χ1n) is 14.6. The zero-order valence-corrected chi connectivity index (χ0v) is 28.1. The smallest absolute Gasteiger partial charge is 0.345 e. The van der Waals surface area contributed by atoms with Gasteiger partial charge in [-0.15, -0.1) is 0 Å². The first kappa shape index (κ1) is 35.1. The number of anilines is 4. The van der Waals surface area contributed by atoms with Gasteiger partial charge in [0, 0.05) is 55.1 Å². The van der Waals surface area contributed by atoms with Gasteiger partial charge in [0.25, 0.3) is 0 Å². The third-order valence-corrected chi connectivity index (χ3v) is 8.38.